The molecular formula is C10H14O. The highest BCUT2D eigenvalue weighted by Crippen LogP contribution is 2.32. The van der Waals surface area contributed by atoms with E-state index in [1.807, 2.05) is 0 Å². The molecule has 1 aliphatic carbocycles. The molecule has 0 saturated carbocycles. The van der Waals surface area contributed by atoms with Crippen LogP contribution in [0, 0.1) is 0 Å². The summed E-state index contributed by atoms with van der Waals surface area (Å²) < 4.78 is 5.66. The average Bonchev–Trinajstić information content (AvgIpc) is 2.33. The van der Waals surface area contributed by atoms with Crippen LogP contribution < -0.4 is 0 Å². The van der Waals surface area contributed by atoms with Gasteiger partial charge in [0.1, 0.15) is 0 Å². The van der Waals surface area contributed by atoms with E-state index in [0.717, 1.165) is 6.61 Å². The molecule has 0 radical (unpaired) electrons. The molecular weight excluding hydrogens is 136 g/mol. The lowest BCUT2D eigenvalue weighted by atomic mass is 10.1. The third-order valence-electron chi connectivity index (χ3n) is 2.54. The highest BCUT2D eigenvalue weighted by atomic mass is 16.5. The summed E-state index contributed by atoms with van der Waals surface area (Å²) in [6.07, 6.45) is 5.16. The second kappa shape index (κ2) is 2.49. The van der Waals surface area contributed by atoms with Gasteiger partial charge in [0.05, 0.1) is 12.7 Å². The second-order valence-electron chi connectivity index (χ2n) is 3.56. The number of hydrogen-bond donors (Lipinski definition) is 0. The van der Waals surface area contributed by atoms with Crippen LogP contribution in [0.5, 0.6) is 0 Å². The first-order chi connectivity index (χ1) is 5.27. The Morgan fingerprint density at radius 2 is 2.27 bits per heavy atom. The Morgan fingerprint density at radius 3 is 3.09 bits per heavy atom. The maximum Gasteiger partial charge on any atom is 0.0831 e. The van der Waals surface area contributed by atoms with E-state index in [4.69, 9.17) is 4.74 Å². The molecule has 0 fully saturated rings. The monoisotopic (exact) mass is 150 g/mol. The van der Waals surface area contributed by atoms with Gasteiger partial charge in [-0.3, -0.25) is 0 Å². The lowest BCUT2D eigenvalue weighted by Gasteiger charge is -2.20. The van der Waals surface area contributed by atoms with Crippen molar-refractivity contribution >= 4 is 0 Å². The van der Waals surface area contributed by atoms with Crippen LogP contribution in [0.25, 0.3) is 0 Å². The molecule has 0 N–H and O–H groups in total. The van der Waals surface area contributed by atoms with Gasteiger partial charge in [0.25, 0.3) is 0 Å². The van der Waals surface area contributed by atoms with Crippen molar-refractivity contribution in [3.05, 3.63) is 22.8 Å². The van der Waals surface area contributed by atoms with Gasteiger partial charge < -0.3 is 4.74 Å². The molecule has 1 aliphatic heterocycles. The summed E-state index contributed by atoms with van der Waals surface area (Å²) in [5.41, 5.74) is 4.33. The van der Waals surface area contributed by atoms with Gasteiger partial charge in [-0.25, -0.2) is 0 Å². The normalized spacial score (nSPS) is 30.4. The predicted octanol–water partition coefficient (Wildman–Crippen LogP) is 2.44. The van der Waals surface area contributed by atoms with E-state index >= 15 is 0 Å². The quantitative estimate of drug-likeness (QED) is 0.515. The Balaban J connectivity index is 2.34. The first-order valence-corrected chi connectivity index (χ1v) is 4.26. The molecule has 11 heavy (non-hydrogen) atoms. The van der Waals surface area contributed by atoms with E-state index in [1.54, 1.807) is 0 Å². The van der Waals surface area contributed by atoms with Crippen LogP contribution in [0.15, 0.2) is 22.8 Å². The van der Waals surface area contributed by atoms with Crippen molar-refractivity contribution in [1.82, 2.24) is 0 Å². The second-order valence-corrected chi connectivity index (χ2v) is 3.56. The zero-order valence-corrected chi connectivity index (χ0v) is 7.18. The molecule has 0 aromatic rings. The highest BCUT2D eigenvalue weighted by molar-refractivity contribution is 5.36. The first-order valence-electron chi connectivity index (χ1n) is 4.26. The summed E-state index contributed by atoms with van der Waals surface area (Å²) in [4.78, 5) is 0. The molecule has 2 aliphatic rings. The van der Waals surface area contributed by atoms with Gasteiger partial charge in [0.2, 0.25) is 0 Å². The summed E-state index contributed by atoms with van der Waals surface area (Å²) in [5, 5.41) is 0. The molecule has 2 rings (SSSR count). The zero-order chi connectivity index (χ0) is 7.84. The van der Waals surface area contributed by atoms with E-state index in [1.165, 1.54) is 29.6 Å². The van der Waals surface area contributed by atoms with E-state index in [9.17, 15) is 0 Å². The van der Waals surface area contributed by atoms with Crippen LogP contribution in [0.3, 0.4) is 0 Å². The van der Waals surface area contributed by atoms with Crippen molar-refractivity contribution in [2.75, 3.05) is 6.61 Å². The van der Waals surface area contributed by atoms with E-state index in [2.05, 4.69) is 19.9 Å². The fraction of sp³-hybridized carbons (Fsp3) is 0.600. The topological polar surface area (TPSA) is 9.23 Å². The molecule has 0 amide bonds. The third-order valence-corrected chi connectivity index (χ3v) is 2.54. The lowest BCUT2D eigenvalue weighted by Crippen LogP contribution is -2.17. The Bertz CT molecular complexity index is 235. The minimum atomic E-state index is 0.429. The Hall–Kier alpha value is -0.560. The Kier molecular flexibility index (Phi) is 1.61. The summed E-state index contributed by atoms with van der Waals surface area (Å²) in [6, 6.07) is 0. The van der Waals surface area contributed by atoms with Crippen LogP contribution in [-0.4, -0.2) is 12.7 Å². The fourth-order valence-electron chi connectivity index (χ4n) is 1.85. The molecule has 1 atom stereocenters. The zero-order valence-electron chi connectivity index (χ0n) is 7.18. The van der Waals surface area contributed by atoms with E-state index in [-0.39, 0.29) is 0 Å². The van der Waals surface area contributed by atoms with Crippen molar-refractivity contribution < 1.29 is 4.74 Å². The standard InChI is InChI=1S/C10H14O/c1-7-5-9-8(2)3-4-10(9)11-6-7/h5,10H,3-4,6H2,1-2H3/t10-/m1/s1. The largest absolute Gasteiger partial charge is 0.369 e. The van der Waals surface area contributed by atoms with Gasteiger partial charge in [0, 0.05) is 0 Å². The fourth-order valence-corrected chi connectivity index (χ4v) is 1.85. The SMILES string of the molecule is CC1=CC2=C(C)CC[C@H]2OC1. The molecule has 0 unspecified atom stereocenters. The molecule has 0 aromatic carbocycles. The van der Waals surface area contributed by atoms with Crippen molar-refractivity contribution in [2.45, 2.75) is 32.8 Å². The smallest absolute Gasteiger partial charge is 0.0831 e. The van der Waals surface area contributed by atoms with Gasteiger partial charge in [-0.2, -0.15) is 0 Å². The number of allylic oxidation sites excluding steroid dienone is 1. The van der Waals surface area contributed by atoms with Gasteiger partial charge in [-0.15, -0.1) is 0 Å². The minimum Gasteiger partial charge on any atom is -0.369 e. The highest BCUT2D eigenvalue weighted by Gasteiger charge is 2.24. The van der Waals surface area contributed by atoms with Crippen molar-refractivity contribution in [3.8, 4) is 0 Å². The van der Waals surface area contributed by atoms with Gasteiger partial charge in [-0.1, -0.05) is 11.6 Å². The van der Waals surface area contributed by atoms with Gasteiger partial charge in [-0.05, 0) is 37.8 Å². The van der Waals surface area contributed by atoms with Crippen molar-refractivity contribution in [3.63, 3.8) is 0 Å². The van der Waals surface area contributed by atoms with Crippen LogP contribution >= 0.6 is 0 Å². The molecule has 0 bridgehead atoms. The summed E-state index contributed by atoms with van der Waals surface area (Å²) in [6.45, 7) is 5.18. The number of rotatable bonds is 0. The molecule has 0 spiro atoms. The third kappa shape index (κ3) is 1.14. The van der Waals surface area contributed by atoms with Crippen LogP contribution in [0.4, 0.5) is 0 Å². The van der Waals surface area contributed by atoms with Crippen LogP contribution in [0.1, 0.15) is 26.7 Å². The molecule has 1 nitrogen and oxygen atoms in total. The van der Waals surface area contributed by atoms with Crippen molar-refractivity contribution in [1.29, 1.82) is 0 Å². The number of fused-ring (bicyclic) bond motifs is 1. The molecule has 0 saturated heterocycles. The molecule has 0 aromatic heterocycles. The molecule has 1 heterocycles. The number of ether oxygens (including phenoxy) is 1. The summed E-state index contributed by atoms with van der Waals surface area (Å²) in [7, 11) is 0. The Labute approximate surface area is 67.7 Å². The van der Waals surface area contributed by atoms with Crippen molar-refractivity contribution in [2.24, 2.45) is 0 Å². The maximum absolute atomic E-state index is 5.66. The average molecular weight is 150 g/mol. The molecule has 1 heteroatoms. The number of hydrogen-bond acceptors (Lipinski definition) is 1. The minimum absolute atomic E-state index is 0.429. The van der Waals surface area contributed by atoms with E-state index < -0.39 is 0 Å². The lowest BCUT2D eigenvalue weighted by molar-refractivity contribution is 0.0918. The summed E-state index contributed by atoms with van der Waals surface area (Å²) in [5.74, 6) is 0. The van der Waals surface area contributed by atoms with Crippen LogP contribution in [0.2, 0.25) is 0 Å². The van der Waals surface area contributed by atoms with Gasteiger partial charge >= 0.3 is 0 Å². The van der Waals surface area contributed by atoms with E-state index in [0.29, 0.717) is 6.10 Å². The summed E-state index contributed by atoms with van der Waals surface area (Å²) >= 11 is 0. The van der Waals surface area contributed by atoms with Gasteiger partial charge in [0.15, 0.2) is 0 Å². The Morgan fingerprint density at radius 1 is 1.45 bits per heavy atom. The predicted molar refractivity (Wildman–Crippen MR) is 45.4 cm³/mol. The molecule has 60 valence electrons. The van der Waals surface area contributed by atoms with Crippen LogP contribution in [-0.2, 0) is 4.74 Å². The first kappa shape index (κ1) is 7.11. The maximum atomic E-state index is 5.66.